The number of sulfonamides is 1. The second-order valence-electron chi connectivity index (χ2n) is 7.42. The topological polar surface area (TPSA) is 92.8 Å². The van der Waals surface area contributed by atoms with Gasteiger partial charge in [-0.05, 0) is 49.6 Å². The summed E-state index contributed by atoms with van der Waals surface area (Å²) >= 11 is 0. The van der Waals surface area contributed by atoms with E-state index < -0.39 is 10.0 Å². The number of ketones is 1. The Hall–Kier alpha value is -2.55. The standard InChI is InChI=1S/C22H26N2O5S/c1-16(25)18-9-11-21(12-10-18)30(27,28)23-14-17-5-7-19(8-6-17)22(26)24(2)15-20-4-3-13-29-20/h5-12,20,23H,3-4,13-15H2,1-2H3. The first-order valence-corrected chi connectivity index (χ1v) is 11.3. The summed E-state index contributed by atoms with van der Waals surface area (Å²) in [4.78, 5) is 25.6. The van der Waals surface area contributed by atoms with Crippen molar-refractivity contribution in [1.82, 2.24) is 9.62 Å². The molecule has 1 unspecified atom stereocenters. The van der Waals surface area contributed by atoms with Gasteiger partial charge in [0.15, 0.2) is 5.78 Å². The molecular weight excluding hydrogens is 404 g/mol. The van der Waals surface area contributed by atoms with E-state index in [1.807, 2.05) is 0 Å². The fourth-order valence-electron chi connectivity index (χ4n) is 3.29. The largest absolute Gasteiger partial charge is 0.376 e. The summed E-state index contributed by atoms with van der Waals surface area (Å²) in [5, 5.41) is 0. The van der Waals surface area contributed by atoms with Crippen LogP contribution in [-0.2, 0) is 21.3 Å². The van der Waals surface area contributed by atoms with E-state index in [-0.39, 0.29) is 29.2 Å². The Bertz CT molecular complexity index is 995. The van der Waals surface area contributed by atoms with Crippen molar-refractivity contribution in [1.29, 1.82) is 0 Å². The maximum Gasteiger partial charge on any atom is 0.253 e. The van der Waals surface area contributed by atoms with Crippen molar-refractivity contribution in [3.8, 4) is 0 Å². The molecule has 8 heteroatoms. The number of nitrogens with zero attached hydrogens (tertiary/aromatic N) is 1. The van der Waals surface area contributed by atoms with Gasteiger partial charge in [0.2, 0.25) is 10.0 Å². The van der Waals surface area contributed by atoms with Crippen LogP contribution in [0.3, 0.4) is 0 Å². The lowest BCUT2D eigenvalue weighted by Crippen LogP contribution is -2.34. The Morgan fingerprint density at radius 3 is 2.27 bits per heavy atom. The first-order chi connectivity index (χ1) is 14.3. The molecule has 3 rings (SSSR count). The van der Waals surface area contributed by atoms with Crippen LogP contribution in [0.4, 0.5) is 0 Å². The number of carbonyl (C=O) groups excluding carboxylic acids is 2. The van der Waals surface area contributed by atoms with Crippen LogP contribution in [0.1, 0.15) is 46.0 Å². The average molecular weight is 431 g/mol. The lowest BCUT2D eigenvalue weighted by molar-refractivity contribution is 0.0587. The minimum absolute atomic E-state index is 0.0926. The fraction of sp³-hybridized carbons (Fsp3) is 0.364. The molecule has 2 aromatic rings. The highest BCUT2D eigenvalue weighted by molar-refractivity contribution is 7.89. The van der Waals surface area contributed by atoms with Gasteiger partial charge >= 0.3 is 0 Å². The number of likely N-dealkylation sites (N-methyl/N-ethyl adjacent to an activating group) is 1. The van der Waals surface area contributed by atoms with Crippen LogP contribution < -0.4 is 4.72 Å². The number of nitrogens with one attached hydrogen (secondary N) is 1. The lowest BCUT2D eigenvalue weighted by atomic mass is 10.1. The van der Waals surface area contributed by atoms with Crippen LogP contribution in [0.25, 0.3) is 0 Å². The molecule has 0 saturated carbocycles. The summed E-state index contributed by atoms with van der Waals surface area (Å²) in [7, 11) is -1.95. The monoisotopic (exact) mass is 430 g/mol. The predicted molar refractivity (Wildman–Crippen MR) is 113 cm³/mol. The van der Waals surface area contributed by atoms with Crippen molar-refractivity contribution >= 4 is 21.7 Å². The molecule has 1 N–H and O–H groups in total. The van der Waals surface area contributed by atoms with E-state index in [0.717, 1.165) is 25.0 Å². The number of rotatable bonds is 8. The zero-order valence-electron chi connectivity index (χ0n) is 17.1. The van der Waals surface area contributed by atoms with Crippen molar-refractivity contribution in [2.45, 2.75) is 37.3 Å². The van der Waals surface area contributed by atoms with Gasteiger partial charge in [-0.25, -0.2) is 13.1 Å². The number of benzene rings is 2. The maximum absolute atomic E-state index is 12.6. The van der Waals surface area contributed by atoms with Gasteiger partial charge in [0.25, 0.3) is 5.91 Å². The van der Waals surface area contributed by atoms with Crippen LogP contribution in [0.2, 0.25) is 0 Å². The van der Waals surface area contributed by atoms with E-state index >= 15 is 0 Å². The van der Waals surface area contributed by atoms with E-state index in [2.05, 4.69) is 4.72 Å². The number of carbonyl (C=O) groups is 2. The zero-order valence-corrected chi connectivity index (χ0v) is 17.9. The highest BCUT2D eigenvalue weighted by atomic mass is 32.2. The van der Waals surface area contributed by atoms with Gasteiger partial charge in [0.1, 0.15) is 0 Å². The number of Topliss-reactive ketones (excluding diaryl/α,β-unsaturated/α-hetero) is 1. The average Bonchev–Trinajstić information content (AvgIpc) is 3.25. The molecule has 0 radical (unpaired) electrons. The molecule has 30 heavy (non-hydrogen) atoms. The molecular formula is C22H26N2O5S. The van der Waals surface area contributed by atoms with Crippen LogP contribution in [-0.4, -0.2) is 51.3 Å². The normalized spacial score (nSPS) is 16.4. The molecule has 1 atom stereocenters. The Morgan fingerprint density at radius 1 is 1.07 bits per heavy atom. The van der Waals surface area contributed by atoms with Gasteiger partial charge in [-0.3, -0.25) is 9.59 Å². The lowest BCUT2D eigenvalue weighted by Gasteiger charge is -2.21. The summed E-state index contributed by atoms with van der Waals surface area (Å²) in [6, 6.07) is 12.6. The van der Waals surface area contributed by atoms with Gasteiger partial charge in [0, 0.05) is 37.9 Å². The first-order valence-electron chi connectivity index (χ1n) is 9.83. The van der Waals surface area contributed by atoms with Crippen LogP contribution in [0.15, 0.2) is 53.4 Å². The maximum atomic E-state index is 12.6. The molecule has 1 saturated heterocycles. The van der Waals surface area contributed by atoms with Crippen molar-refractivity contribution < 1.29 is 22.7 Å². The van der Waals surface area contributed by atoms with Crippen LogP contribution >= 0.6 is 0 Å². The molecule has 0 spiro atoms. The van der Waals surface area contributed by atoms with Gasteiger partial charge in [0.05, 0.1) is 11.0 Å². The van der Waals surface area contributed by atoms with E-state index in [1.165, 1.54) is 31.2 Å². The van der Waals surface area contributed by atoms with Crippen LogP contribution in [0.5, 0.6) is 0 Å². The Kier molecular flexibility index (Phi) is 7.02. The third-order valence-electron chi connectivity index (χ3n) is 5.09. The molecule has 2 aromatic carbocycles. The summed E-state index contributed by atoms with van der Waals surface area (Å²) in [5.41, 5.74) is 1.73. The highest BCUT2D eigenvalue weighted by Gasteiger charge is 2.21. The van der Waals surface area contributed by atoms with Gasteiger partial charge < -0.3 is 9.64 Å². The third kappa shape index (κ3) is 5.53. The smallest absolute Gasteiger partial charge is 0.253 e. The van der Waals surface area contributed by atoms with Crippen molar-refractivity contribution in [2.75, 3.05) is 20.2 Å². The Morgan fingerprint density at radius 2 is 1.70 bits per heavy atom. The second kappa shape index (κ2) is 9.51. The molecule has 1 heterocycles. The molecule has 1 aliphatic rings. The van der Waals surface area contributed by atoms with Gasteiger partial charge in [-0.1, -0.05) is 24.3 Å². The van der Waals surface area contributed by atoms with Gasteiger partial charge in [-0.2, -0.15) is 0 Å². The first kappa shape index (κ1) is 22.1. The Balaban J connectivity index is 1.58. The number of hydrogen-bond donors (Lipinski definition) is 1. The molecule has 0 bridgehead atoms. The molecule has 1 fully saturated rings. The quantitative estimate of drug-likeness (QED) is 0.650. The van der Waals surface area contributed by atoms with Crippen molar-refractivity contribution in [2.24, 2.45) is 0 Å². The predicted octanol–water partition coefficient (Wildman–Crippen LogP) is 2.62. The molecule has 0 aromatic heterocycles. The molecule has 7 nitrogen and oxygen atoms in total. The van der Waals surface area contributed by atoms with Crippen molar-refractivity contribution in [3.05, 3.63) is 65.2 Å². The minimum atomic E-state index is -3.70. The number of hydrogen-bond acceptors (Lipinski definition) is 5. The molecule has 1 aliphatic heterocycles. The SMILES string of the molecule is CC(=O)c1ccc(S(=O)(=O)NCc2ccc(C(=O)N(C)CC3CCCO3)cc2)cc1. The van der Waals surface area contributed by atoms with E-state index in [4.69, 9.17) is 4.74 Å². The summed E-state index contributed by atoms with van der Waals surface area (Å²) in [6.45, 7) is 2.83. The zero-order chi connectivity index (χ0) is 21.7. The van der Waals surface area contributed by atoms with E-state index in [9.17, 15) is 18.0 Å². The Labute approximate surface area is 177 Å². The molecule has 0 aliphatic carbocycles. The second-order valence-corrected chi connectivity index (χ2v) is 9.19. The van der Waals surface area contributed by atoms with Gasteiger partial charge in [-0.15, -0.1) is 0 Å². The fourth-order valence-corrected chi connectivity index (χ4v) is 4.31. The highest BCUT2D eigenvalue weighted by Crippen LogP contribution is 2.15. The van der Waals surface area contributed by atoms with E-state index in [0.29, 0.717) is 17.7 Å². The van der Waals surface area contributed by atoms with Crippen molar-refractivity contribution in [3.63, 3.8) is 0 Å². The molecule has 1 amide bonds. The summed E-state index contributed by atoms with van der Waals surface area (Å²) in [6.07, 6.45) is 2.09. The van der Waals surface area contributed by atoms with Crippen LogP contribution in [0, 0.1) is 0 Å². The summed E-state index contributed by atoms with van der Waals surface area (Å²) in [5.74, 6) is -0.217. The minimum Gasteiger partial charge on any atom is -0.376 e. The molecule has 160 valence electrons. The number of amides is 1. The number of ether oxygens (including phenoxy) is 1. The van der Waals surface area contributed by atoms with E-state index in [1.54, 1.807) is 36.2 Å². The third-order valence-corrected chi connectivity index (χ3v) is 6.50. The summed E-state index contributed by atoms with van der Waals surface area (Å²) < 4.78 is 33.0.